The van der Waals surface area contributed by atoms with Crippen molar-refractivity contribution in [2.24, 2.45) is 0 Å². The lowest BCUT2D eigenvalue weighted by molar-refractivity contribution is 0.0102. The number of likely N-dealkylation sites (tertiary alicyclic amines) is 1. The van der Waals surface area contributed by atoms with Crippen molar-refractivity contribution in [3.8, 4) is 6.07 Å². The molecule has 1 aromatic carbocycles. The molecule has 0 radical (unpaired) electrons. The molecule has 1 fully saturated rings. The van der Waals surface area contributed by atoms with Crippen LogP contribution in [0.4, 0.5) is 18.9 Å². The van der Waals surface area contributed by atoms with E-state index in [0.29, 0.717) is 10.9 Å². The minimum Gasteiger partial charge on any atom is -0.382 e. The van der Waals surface area contributed by atoms with E-state index in [9.17, 15) is 18.4 Å². The summed E-state index contributed by atoms with van der Waals surface area (Å²) in [6, 6.07) is 8.65. The highest BCUT2D eigenvalue weighted by Crippen LogP contribution is 2.33. The van der Waals surface area contributed by atoms with Crippen LogP contribution in [0.5, 0.6) is 0 Å². The smallest absolute Gasteiger partial charge is 0.288 e. The first-order valence-electron chi connectivity index (χ1n) is 7.92. The van der Waals surface area contributed by atoms with Crippen LogP contribution in [0.2, 0.25) is 0 Å². The minimum atomic E-state index is -3.18. The van der Waals surface area contributed by atoms with Gasteiger partial charge in [-0.25, -0.2) is 13.2 Å². The molecule has 1 aromatic heterocycles. The molecule has 0 bridgehead atoms. The monoisotopic (exact) mass is 336 g/mol. The molecule has 2 aromatic rings. The van der Waals surface area contributed by atoms with Gasteiger partial charge in [0.05, 0.1) is 5.52 Å². The Balaban J connectivity index is 1.97. The maximum Gasteiger partial charge on any atom is 0.288 e. The van der Waals surface area contributed by atoms with Gasteiger partial charge in [0.25, 0.3) is 6.43 Å². The van der Waals surface area contributed by atoms with Crippen molar-refractivity contribution in [2.75, 3.05) is 25.5 Å². The average Bonchev–Trinajstić information content (AvgIpc) is 2.95. The molecule has 1 unspecified atom stereocenters. The lowest BCUT2D eigenvalue weighted by Crippen LogP contribution is -2.36. The van der Waals surface area contributed by atoms with Crippen molar-refractivity contribution >= 4 is 16.6 Å². The first-order chi connectivity index (χ1) is 11.5. The Morgan fingerprint density at radius 2 is 1.96 bits per heavy atom. The molecule has 24 heavy (non-hydrogen) atoms. The maximum absolute atomic E-state index is 13.9. The lowest BCUT2D eigenvalue weighted by atomic mass is 10.0. The second-order valence-electron chi connectivity index (χ2n) is 6.18. The standard InChI is InChI=1S/C17H19F3N4/c1-23-7-5-11(6-8-23)22-14-3-2-4-15-13(14)9-12(10-21)24(15)17(20)16(18)19/h2-4,9,11,16-17,22H,5-8H2,1H3. The summed E-state index contributed by atoms with van der Waals surface area (Å²) >= 11 is 0. The van der Waals surface area contributed by atoms with Gasteiger partial charge in [-0.15, -0.1) is 0 Å². The van der Waals surface area contributed by atoms with Crippen molar-refractivity contribution in [2.45, 2.75) is 31.6 Å². The van der Waals surface area contributed by atoms with Crippen LogP contribution in [0, 0.1) is 11.3 Å². The van der Waals surface area contributed by atoms with Gasteiger partial charge in [0, 0.05) is 17.1 Å². The summed E-state index contributed by atoms with van der Waals surface area (Å²) in [4.78, 5) is 2.25. The Labute approximate surface area is 138 Å². The summed E-state index contributed by atoms with van der Waals surface area (Å²) in [7, 11) is 2.07. The van der Waals surface area contributed by atoms with Crippen molar-refractivity contribution < 1.29 is 13.2 Å². The van der Waals surface area contributed by atoms with Crippen LogP contribution in [-0.2, 0) is 0 Å². The van der Waals surface area contributed by atoms with Crippen LogP contribution in [0.15, 0.2) is 24.3 Å². The molecular formula is C17H19F3N4. The molecule has 1 atom stereocenters. The van der Waals surface area contributed by atoms with Crippen molar-refractivity contribution in [3.05, 3.63) is 30.0 Å². The summed E-state index contributed by atoms with van der Waals surface area (Å²) in [5.41, 5.74) is 0.950. The average molecular weight is 336 g/mol. The zero-order valence-corrected chi connectivity index (χ0v) is 13.3. The second kappa shape index (κ2) is 6.73. The first-order valence-corrected chi connectivity index (χ1v) is 7.92. The number of fused-ring (bicyclic) bond motifs is 1. The van der Waals surface area contributed by atoms with Gasteiger partial charge in [-0.05, 0) is 51.2 Å². The number of benzene rings is 1. The van der Waals surface area contributed by atoms with E-state index in [2.05, 4.69) is 17.3 Å². The zero-order chi connectivity index (χ0) is 17.3. The molecule has 1 aliphatic rings. The van der Waals surface area contributed by atoms with Crippen molar-refractivity contribution in [1.82, 2.24) is 9.47 Å². The Bertz CT molecular complexity index is 757. The van der Waals surface area contributed by atoms with Crippen LogP contribution in [0.3, 0.4) is 0 Å². The molecule has 3 rings (SSSR count). The number of hydrogen-bond donors (Lipinski definition) is 1. The van der Waals surface area contributed by atoms with E-state index in [0.717, 1.165) is 36.2 Å². The Morgan fingerprint density at radius 3 is 2.58 bits per heavy atom. The number of alkyl halides is 3. The number of halogens is 3. The van der Waals surface area contributed by atoms with E-state index >= 15 is 0 Å². The SMILES string of the molecule is CN1CCC(Nc2cccc3c2cc(C#N)n3C(F)C(F)F)CC1. The van der Waals surface area contributed by atoms with E-state index in [-0.39, 0.29) is 11.7 Å². The largest absolute Gasteiger partial charge is 0.382 e. The molecule has 1 N–H and O–H groups in total. The van der Waals surface area contributed by atoms with Crippen LogP contribution in [0.25, 0.3) is 10.9 Å². The molecule has 1 aliphatic heterocycles. The Morgan fingerprint density at radius 1 is 1.25 bits per heavy atom. The summed E-state index contributed by atoms with van der Waals surface area (Å²) in [6.07, 6.45) is -3.77. The third-order valence-electron chi connectivity index (χ3n) is 4.53. The van der Waals surface area contributed by atoms with Crippen molar-refractivity contribution in [3.63, 3.8) is 0 Å². The van der Waals surface area contributed by atoms with E-state index < -0.39 is 12.7 Å². The number of nitriles is 1. The fourth-order valence-corrected chi connectivity index (χ4v) is 3.21. The molecule has 4 nitrogen and oxygen atoms in total. The van der Waals surface area contributed by atoms with Crippen LogP contribution in [0.1, 0.15) is 24.8 Å². The van der Waals surface area contributed by atoms with E-state index in [1.807, 2.05) is 12.1 Å². The highest BCUT2D eigenvalue weighted by Gasteiger charge is 2.26. The number of anilines is 1. The van der Waals surface area contributed by atoms with Gasteiger partial charge in [0.2, 0.25) is 6.30 Å². The predicted octanol–water partition coefficient (Wildman–Crippen LogP) is 3.75. The molecule has 0 saturated carbocycles. The van der Waals surface area contributed by atoms with E-state index in [1.54, 1.807) is 12.1 Å². The molecule has 0 amide bonds. The number of hydrogen-bond acceptors (Lipinski definition) is 3. The molecule has 7 heteroatoms. The molecular weight excluding hydrogens is 317 g/mol. The molecule has 1 saturated heterocycles. The van der Waals surface area contributed by atoms with Crippen LogP contribution >= 0.6 is 0 Å². The van der Waals surface area contributed by atoms with Crippen LogP contribution in [-0.4, -0.2) is 42.1 Å². The number of nitrogens with zero attached hydrogens (tertiary/aromatic N) is 3. The number of aromatic nitrogens is 1. The van der Waals surface area contributed by atoms with Crippen molar-refractivity contribution in [1.29, 1.82) is 5.26 Å². The third-order valence-corrected chi connectivity index (χ3v) is 4.53. The van der Waals surface area contributed by atoms with E-state index in [4.69, 9.17) is 0 Å². The normalized spacial score (nSPS) is 18.0. The summed E-state index contributed by atoms with van der Waals surface area (Å²) < 4.78 is 40.4. The quantitative estimate of drug-likeness (QED) is 0.925. The zero-order valence-electron chi connectivity index (χ0n) is 13.3. The predicted molar refractivity (Wildman–Crippen MR) is 86.9 cm³/mol. The molecule has 0 spiro atoms. The fraction of sp³-hybridized carbons (Fsp3) is 0.471. The van der Waals surface area contributed by atoms with Gasteiger partial charge < -0.3 is 10.2 Å². The van der Waals surface area contributed by atoms with E-state index in [1.165, 1.54) is 6.07 Å². The fourth-order valence-electron chi connectivity index (χ4n) is 3.21. The lowest BCUT2D eigenvalue weighted by Gasteiger charge is -2.30. The van der Waals surface area contributed by atoms with Gasteiger partial charge in [0.15, 0.2) is 0 Å². The summed E-state index contributed by atoms with van der Waals surface area (Å²) in [5, 5.41) is 13.2. The van der Waals surface area contributed by atoms with Gasteiger partial charge >= 0.3 is 0 Å². The molecule has 128 valence electrons. The van der Waals surface area contributed by atoms with Gasteiger partial charge in [-0.2, -0.15) is 5.26 Å². The topological polar surface area (TPSA) is 44.0 Å². The number of piperidine rings is 1. The summed E-state index contributed by atoms with van der Waals surface area (Å²) in [5.74, 6) is 0. The Kier molecular flexibility index (Phi) is 4.67. The second-order valence-corrected chi connectivity index (χ2v) is 6.18. The number of rotatable bonds is 4. The Hall–Kier alpha value is -2.20. The third kappa shape index (κ3) is 3.06. The minimum absolute atomic E-state index is 0.101. The molecule has 2 heterocycles. The summed E-state index contributed by atoms with van der Waals surface area (Å²) in [6.45, 7) is 1.96. The maximum atomic E-state index is 13.9. The highest BCUT2D eigenvalue weighted by atomic mass is 19.3. The van der Waals surface area contributed by atoms with Gasteiger partial charge in [-0.3, -0.25) is 4.57 Å². The van der Waals surface area contributed by atoms with Crippen LogP contribution < -0.4 is 5.32 Å². The number of nitrogens with one attached hydrogen (secondary N) is 1. The first kappa shape index (κ1) is 16.7. The highest BCUT2D eigenvalue weighted by molar-refractivity contribution is 5.94. The van der Waals surface area contributed by atoms with Gasteiger partial charge in [-0.1, -0.05) is 6.07 Å². The molecule has 0 aliphatic carbocycles. The van der Waals surface area contributed by atoms with Gasteiger partial charge in [0.1, 0.15) is 11.8 Å².